The molecule has 0 atom stereocenters. The van der Waals surface area contributed by atoms with Crippen molar-refractivity contribution in [2.75, 3.05) is 6.61 Å². The maximum atomic E-state index is 11.1. The Balaban J connectivity index is 1.94. The molecule has 0 aliphatic carbocycles. The number of carboxylic acids is 1. The lowest BCUT2D eigenvalue weighted by molar-refractivity contribution is 0.0689. The van der Waals surface area contributed by atoms with E-state index < -0.39 is 5.97 Å². The van der Waals surface area contributed by atoms with Gasteiger partial charge in [-0.25, -0.2) is 9.48 Å². The van der Waals surface area contributed by atoms with Crippen LogP contribution < -0.4 is 4.74 Å². The molecule has 0 saturated heterocycles. The third-order valence-corrected chi connectivity index (χ3v) is 2.91. The molecule has 0 saturated carbocycles. The molecule has 2 aromatic rings. The summed E-state index contributed by atoms with van der Waals surface area (Å²) in [7, 11) is 0. The van der Waals surface area contributed by atoms with Crippen LogP contribution in [0.2, 0.25) is 0 Å². The van der Waals surface area contributed by atoms with Gasteiger partial charge < -0.3 is 9.84 Å². The van der Waals surface area contributed by atoms with Crippen molar-refractivity contribution in [3.05, 3.63) is 54.4 Å². The Kier molecular flexibility index (Phi) is 5.09. The van der Waals surface area contributed by atoms with Gasteiger partial charge in [-0.1, -0.05) is 29.5 Å². The molecule has 6 nitrogen and oxygen atoms in total. The van der Waals surface area contributed by atoms with Gasteiger partial charge in [-0.3, -0.25) is 0 Å². The molecule has 0 amide bonds. The first kappa shape index (κ1) is 14.8. The van der Waals surface area contributed by atoms with Crippen LogP contribution in [0.3, 0.4) is 0 Å². The molecule has 0 aliphatic heterocycles. The van der Waals surface area contributed by atoms with E-state index >= 15 is 0 Å². The molecular weight excluding hydrogens is 270 g/mol. The fourth-order valence-corrected chi connectivity index (χ4v) is 1.96. The Hall–Kier alpha value is -2.63. The average molecular weight is 287 g/mol. The average Bonchev–Trinajstić information content (AvgIpc) is 2.88. The minimum absolute atomic E-state index is 0.00318. The molecule has 0 aliphatic rings. The molecule has 1 aromatic heterocycles. The van der Waals surface area contributed by atoms with Gasteiger partial charge in [-0.05, 0) is 25.0 Å². The maximum Gasteiger partial charge on any atom is 0.358 e. The van der Waals surface area contributed by atoms with Gasteiger partial charge in [0.25, 0.3) is 0 Å². The number of allylic oxidation sites excluding steroid dienone is 1. The van der Waals surface area contributed by atoms with Gasteiger partial charge >= 0.3 is 5.97 Å². The highest BCUT2D eigenvalue weighted by Crippen LogP contribution is 2.12. The molecule has 2 rings (SSSR count). The first-order valence-corrected chi connectivity index (χ1v) is 6.66. The minimum atomic E-state index is -1.07. The van der Waals surface area contributed by atoms with E-state index in [1.54, 1.807) is 10.8 Å². The summed E-state index contributed by atoms with van der Waals surface area (Å²) in [4.78, 5) is 11.1. The zero-order valence-electron chi connectivity index (χ0n) is 11.6. The summed E-state index contributed by atoms with van der Waals surface area (Å²) in [5.74, 6) is -0.266. The van der Waals surface area contributed by atoms with E-state index in [0.29, 0.717) is 31.7 Å². The smallest absolute Gasteiger partial charge is 0.358 e. The second-order valence-corrected chi connectivity index (χ2v) is 4.43. The summed E-state index contributed by atoms with van der Waals surface area (Å²) in [6, 6.07) is 9.49. The molecule has 0 spiro atoms. The molecule has 0 unspecified atom stereocenters. The number of carbonyl (C=O) groups is 1. The number of hydrogen-bond donors (Lipinski definition) is 1. The molecular formula is C15H17N3O3. The predicted molar refractivity (Wildman–Crippen MR) is 77.4 cm³/mol. The van der Waals surface area contributed by atoms with Crippen molar-refractivity contribution in [3.8, 4) is 5.75 Å². The predicted octanol–water partition coefficient (Wildman–Crippen LogP) is 2.17. The molecule has 1 aromatic carbocycles. The number of benzene rings is 1. The summed E-state index contributed by atoms with van der Waals surface area (Å²) in [6.07, 6.45) is 2.87. The van der Waals surface area contributed by atoms with Crippen LogP contribution in [0.4, 0.5) is 0 Å². The Labute approximate surface area is 122 Å². The summed E-state index contributed by atoms with van der Waals surface area (Å²) in [5.41, 5.74) is 0.593. The van der Waals surface area contributed by atoms with Crippen molar-refractivity contribution in [1.82, 2.24) is 15.0 Å². The molecule has 0 radical (unpaired) electrons. The number of nitrogens with zero attached hydrogens (tertiary/aromatic N) is 3. The Morgan fingerprint density at radius 3 is 2.81 bits per heavy atom. The second kappa shape index (κ2) is 7.23. The standard InChI is InChI=1S/C15H17N3O3/c1-2-10-18-13(14(15(19)20)16-17-18)9-6-11-21-12-7-4-3-5-8-12/h2-5,7-8H,1,6,9-11H2,(H,19,20). The lowest BCUT2D eigenvalue weighted by atomic mass is 10.2. The molecule has 110 valence electrons. The van der Waals surface area contributed by atoms with Crippen LogP contribution in [-0.2, 0) is 13.0 Å². The lowest BCUT2D eigenvalue weighted by Crippen LogP contribution is -2.09. The van der Waals surface area contributed by atoms with Crippen LogP contribution in [0.5, 0.6) is 5.75 Å². The van der Waals surface area contributed by atoms with Crippen molar-refractivity contribution in [1.29, 1.82) is 0 Å². The zero-order valence-corrected chi connectivity index (χ0v) is 11.6. The summed E-state index contributed by atoms with van der Waals surface area (Å²) in [5, 5.41) is 16.6. The number of aromatic nitrogens is 3. The number of hydrogen-bond acceptors (Lipinski definition) is 4. The maximum absolute atomic E-state index is 11.1. The SMILES string of the molecule is C=CCn1nnc(C(=O)O)c1CCCOc1ccccc1. The van der Waals surface area contributed by atoms with E-state index in [1.807, 2.05) is 30.3 Å². The Bertz CT molecular complexity index is 608. The summed E-state index contributed by atoms with van der Waals surface area (Å²) >= 11 is 0. The van der Waals surface area contributed by atoms with Crippen molar-refractivity contribution >= 4 is 5.97 Å². The highest BCUT2D eigenvalue weighted by atomic mass is 16.5. The van der Waals surface area contributed by atoms with Gasteiger partial charge in [-0.15, -0.1) is 11.7 Å². The van der Waals surface area contributed by atoms with Gasteiger partial charge in [0, 0.05) is 0 Å². The van der Waals surface area contributed by atoms with Crippen LogP contribution >= 0.6 is 0 Å². The van der Waals surface area contributed by atoms with Crippen molar-refractivity contribution in [2.45, 2.75) is 19.4 Å². The van der Waals surface area contributed by atoms with Gasteiger partial charge in [-0.2, -0.15) is 0 Å². The largest absolute Gasteiger partial charge is 0.494 e. The van der Waals surface area contributed by atoms with Crippen molar-refractivity contribution < 1.29 is 14.6 Å². The van der Waals surface area contributed by atoms with E-state index in [2.05, 4.69) is 16.9 Å². The molecule has 0 bridgehead atoms. The van der Waals surface area contributed by atoms with Gasteiger partial charge in [0.1, 0.15) is 5.75 Å². The fraction of sp³-hybridized carbons (Fsp3) is 0.267. The van der Waals surface area contributed by atoms with Crippen molar-refractivity contribution in [3.63, 3.8) is 0 Å². The number of aromatic carboxylic acids is 1. The summed E-state index contributed by atoms with van der Waals surface area (Å²) in [6.45, 7) is 4.57. The zero-order chi connectivity index (χ0) is 15.1. The monoisotopic (exact) mass is 287 g/mol. The number of rotatable bonds is 8. The minimum Gasteiger partial charge on any atom is -0.494 e. The first-order valence-electron chi connectivity index (χ1n) is 6.66. The topological polar surface area (TPSA) is 77.2 Å². The van der Waals surface area contributed by atoms with Crippen LogP contribution in [-0.4, -0.2) is 32.7 Å². The van der Waals surface area contributed by atoms with Crippen molar-refractivity contribution in [2.24, 2.45) is 0 Å². The van der Waals surface area contributed by atoms with Crippen LogP contribution in [0.25, 0.3) is 0 Å². The van der Waals surface area contributed by atoms with E-state index in [9.17, 15) is 4.79 Å². The van der Waals surface area contributed by atoms with Gasteiger partial charge in [0.05, 0.1) is 18.8 Å². The van der Waals surface area contributed by atoms with E-state index in [4.69, 9.17) is 9.84 Å². The van der Waals surface area contributed by atoms with Crippen LogP contribution in [0.1, 0.15) is 22.6 Å². The third kappa shape index (κ3) is 3.92. The van der Waals surface area contributed by atoms with E-state index in [0.717, 1.165) is 5.75 Å². The normalized spacial score (nSPS) is 10.3. The van der Waals surface area contributed by atoms with Crippen LogP contribution in [0, 0.1) is 0 Å². The highest BCUT2D eigenvalue weighted by molar-refractivity contribution is 5.86. The molecule has 21 heavy (non-hydrogen) atoms. The van der Waals surface area contributed by atoms with Gasteiger partial charge in [0.15, 0.2) is 5.69 Å². The molecule has 1 N–H and O–H groups in total. The quantitative estimate of drug-likeness (QED) is 0.594. The van der Waals surface area contributed by atoms with E-state index in [1.165, 1.54) is 0 Å². The van der Waals surface area contributed by atoms with Gasteiger partial charge in [0.2, 0.25) is 0 Å². The Morgan fingerprint density at radius 2 is 2.14 bits per heavy atom. The Morgan fingerprint density at radius 1 is 1.38 bits per heavy atom. The van der Waals surface area contributed by atoms with E-state index in [-0.39, 0.29) is 5.69 Å². The third-order valence-electron chi connectivity index (χ3n) is 2.91. The number of carboxylic acid groups (broad SMARTS) is 1. The molecule has 0 fully saturated rings. The first-order chi connectivity index (χ1) is 10.2. The summed E-state index contributed by atoms with van der Waals surface area (Å²) < 4.78 is 7.14. The molecule has 1 heterocycles. The number of ether oxygens (including phenoxy) is 1. The fourth-order valence-electron chi connectivity index (χ4n) is 1.96. The lowest BCUT2D eigenvalue weighted by Gasteiger charge is -2.07. The van der Waals surface area contributed by atoms with Crippen LogP contribution in [0.15, 0.2) is 43.0 Å². The molecule has 6 heteroatoms. The number of para-hydroxylation sites is 1. The highest BCUT2D eigenvalue weighted by Gasteiger charge is 2.17. The second-order valence-electron chi connectivity index (χ2n) is 4.43.